The molecule has 100 valence electrons. The van der Waals surface area contributed by atoms with Gasteiger partial charge in [0.2, 0.25) is 0 Å². The van der Waals surface area contributed by atoms with Crippen LogP contribution in [0.15, 0.2) is 24.3 Å². The maximum atomic E-state index is 12.3. The van der Waals surface area contributed by atoms with Crippen molar-refractivity contribution in [3.63, 3.8) is 0 Å². The summed E-state index contributed by atoms with van der Waals surface area (Å²) >= 11 is 0. The van der Waals surface area contributed by atoms with Crippen LogP contribution >= 0.6 is 0 Å². The van der Waals surface area contributed by atoms with Gasteiger partial charge in [-0.05, 0) is 25.1 Å². The van der Waals surface area contributed by atoms with Gasteiger partial charge in [0.15, 0.2) is 6.10 Å². The second-order valence-electron chi connectivity index (χ2n) is 4.03. The van der Waals surface area contributed by atoms with Gasteiger partial charge in [-0.2, -0.15) is 13.2 Å². The molecule has 0 aliphatic carbocycles. The third-order valence-electron chi connectivity index (χ3n) is 2.26. The van der Waals surface area contributed by atoms with E-state index in [2.05, 4.69) is 0 Å². The van der Waals surface area contributed by atoms with E-state index in [0.717, 1.165) is 6.92 Å². The molecule has 1 atom stereocenters. The van der Waals surface area contributed by atoms with Crippen molar-refractivity contribution in [2.75, 3.05) is 14.1 Å². The summed E-state index contributed by atoms with van der Waals surface area (Å²) in [5, 5.41) is 0. The first-order valence-corrected chi connectivity index (χ1v) is 5.27. The Labute approximate surface area is 103 Å². The lowest BCUT2D eigenvalue weighted by molar-refractivity contribution is -0.189. The first kappa shape index (κ1) is 14.3. The van der Waals surface area contributed by atoms with Crippen molar-refractivity contribution in [1.82, 2.24) is 4.90 Å². The molecular formula is C12H14F3NO2. The van der Waals surface area contributed by atoms with Crippen LogP contribution in [0.2, 0.25) is 0 Å². The van der Waals surface area contributed by atoms with E-state index in [0.29, 0.717) is 0 Å². The van der Waals surface area contributed by atoms with Crippen LogP contribution in [0.5, 0.6) is 5.75 Å². The number of rotatable bonds is 3. The molecule has 0 aromatic heterocycles. The summed E-state index contributed by atoms with van der Waals surface area (Å²) in [6.45, 7) is 0.917. The number of benzene rings is 1. The molecule has 6 heteroatoms. The Morgan fingerprint density at radius 1 is 1.33 bits per heavy atom. The van der Waals surface area contributed by atoms with E-state index in [1.165, 1.54) is 29.2 Å². The molecule has 0 fully saturated rings. The number of nitrogens with zero attached hydrogens (tertiary/aromatic N) is 1. The summed E-state index contributed by atoms with van der Waals surface area (Å²) in [7, 11) is 3.13. The molecule has 0 heterocycles. The molecule has 0 saturated heterocycles. The summed E-state index contributed by atoms with van der Waals surface area (Å²) in [5.41, 5.74) is 0.284. The van der Waals surface area contributed by atoms with Crippen molar-refractivity contribution in [2.45, 2.75) is 19.2 Å². The van der Waals surface area contributed by atoms with Crippen molar-refractivity contribution >= 4 is 5.91 Å². The SMILES string of the molecule is C[C@@H](Oc1cccc(C(=O)N(C)C)c1)C(F)(F)F. The summed E-state index contributed by atoms with van der Waals surface area (Å²) in [5.74, 6) is -0.271. The lowest BCUT2D eigenvalue weighted by Gasteiger charge is -2.18. The van der Waals surface area contributed by atoms with Crippen LogP contribution in [0.1, 0.15) is 17.3 Å². The molecule has 1 amide bonds. The average molecular weight is 261 g/mol. The van der Waals surface area contributed by atoms with Crippen LogP contribution in [-0.2, 0) is 0 Å². The van der Waals surface area contributed by atoms with Gasteiger partial charge in [-0.3, -0.25) is 4.79 Å². The number of ether oxygens (including phenoxy) is 1. The minimum absolute atomic E-state index is 0.0209. The number of carbonyl (C=O) groups excluding carboxylic acids is 1. The summed E-state index contributed by atoms with van der Waals surface area (Å²) in [6, 6.07) is 5.68. The highest BCUT2D eigenvalue weighted by Crippen LogP contribution is 2.25. The Hall–Kier alpha value is -1.72. The maximum Gasteiger partial charge on any atom is 0.425 e. The zero-order valence-electron chi connectivity index (χ0n) is 10.3. The van der Waals surface area contributed by atoms with Crippen LogP contribution in [-0.4, -0.2) is 37.2 Å². The highest BCUT2D eigenvalue weighted by atomic mass is 19.4. The molecule has 1 rings (SSSR count). The molecule has 18 heavy (non-hydrogen) atoms. The highest BCUT2D eigenvalue weighted by Gasteiger charge is 2.38. The molecule has 0 radical (unpaired) electrons. The number of halogens is 3. The first-order valence-electron chi connectivity index (χ1n) is 5.27. The number of hydrogen-bond acceptors (Lipinski definition) is 2. The fraction of sp³-hybridized carbons (Fsp3) is 0.417. The van der Waals surface area contributed by atoms with E-state index >= 15 is 0 Å². The molecule has 0 aliphatic rings. The zero-order valence-corrected chi connectivity index (χ0v) is 10.3. The molecule has 0 bridgehead atoms. The van der Waals surface area contributed by atoms with E-state index in [1.54, 1.807) is 14.1 Å². The third-order valence-corrected chi connectivity index (χ3v) is 2.26. The van der Waals surface area contributed by atoms with Gasteiger partial charge >= 0.3 is 6.18 Å². The van der Waals surface area contributed by atoms with Crippen LogP contribution < -0.4 is 4.74 Å². The molecule has 0 unspecified atom stereocenters. The van der Waals surface area contributed by atoms with E-state index in [9.17, 15) is 18.0 Å². The number of carbonyl (C=O) groups is 1. The lowest BCUT2D eigenvalue weighted by Crippen LogP contribution is -2.31. The van der Waals surface area contributed by atoms with Crippen LogP contribution in [0.25, 0.3) is 0 Å². The van der Waals surface area contributed by atoms with Crippen molar-refractivity contribution in [1.29, 1.82) is 0 Å². The molecule has 3 nitrogen and oxygen atoms in total. The van der Waals surface area contributed by atoms with Crippen molar-refractivity contribution in [3.05, 3.63) is 29.8 Å². The van der Waals surface area contributed by atoms with E-state index in [-0.39, 0.29) is 17.2 Å². The third kappa shape index (κ3) is 3.65. The van der Waals surface area contributed by atoms with E-state index in [1.807, 2.05) is 0 Å². The van der Waals surface area contributed by atoms with Gasteiger partial charge in [-0.1, -0.05) is 6.07 Å². The van der Waals surface area contributed by atoms with Crippen molar-refractivity contribution in [3.8, 4) is 5.75 Å². The fourth-order valence-corrected chi connectivity index (χ4v) is 1.23. The van der Waals surface area contributed by atoms with Gasteiger partial charge in [0, 0.05) is 19.7 Å². The molecule has 1 aromatic rings. The predicted molar refractivity (Wildman–Crippen MR) is 60.6 cm³/mol. The zero-order chi connectivity index (χ0) is 13.9. The molecule has 0 saturated carbocycles. The van der Waals surface area contributed by atoms with Gasteiger partial charge in [0.25, 0.3) is 5.91 Å². The van der Waals surface area contributed by atoms with Gasteiger partial charge in [-0.15, -0.1) is 0 Å². The van der Waals surface area contributed by atoms with Gasteiger partial charge < -0.3 is 9.64 Å². The Morgan fingerprint density at radius 2 is 1.94 bits per heavy atom. The topological polar surface area (TPSA) is 29.5 Å². The normalized spacial score (nSPS) is 13.0. The number of amides is 1. The Balaban J connectivity index is 2.87. The van der Waals surface area contributed by atoms with Gasteiger partial charge in [0.05, 0.1) is 0 Å². The molecule has 0 spiro atoms. The minimum atomic E-state index is -4.43. The molecule has 1 aromatic carbocycles. The summed E-state index contributed by atoms with van der Waals surface area (Å²) in [4.78, 5) is 13.0. The second-order valence-corrected chi connectivity index (χ2v) is 4.03. The minimum Gasteiger partial charge on any atom is -0.481 e. The Kier molecular flexibility index (Phi) is 4.21. The second kappa shape index (κ2) is 5.29. The largest absolute Gasteiger partial charge is 0.481 e. The standard InChI is InChI=1S/C12H14F3NO2/c1-8(12(13,14)15)18-10-6-4-5-9(7-10)11(17)16(2)3/h4-8H,1-3H3/t8-/m1/s1. The van der Waals surface area contributed by atoms with Crippen LogP contribution in [0.4, 0.5) is 13.2 Å². The monoisotopic (exact) mass is 261 g/mol. The summed E-state index contributed by atoms with van der Waals surface area (Å²) < 4.78 is 41.7. The number of hydrogen-bond donors (Lipinski definition) is 0. The molecule has 0 N–H and O–H groups in total. The van der Waals surface area contributed by atoms with Crippen molar-refractivity contribution in [2.24, 2.45) is 0 Å². The lowest BCUT2D eigenvalue weighted by atomic mass is 10.2. The predicted octanol–water partition coefficient (Wildman–Crippen LogP) is 2.72. The van der Waals surface area contributed by atoms with Gasteiger partial charge in [0.1, 0.15) is 5.75 Å². The fourth-order valence-electron chi connectivity index (χ4n) is 1.23. The van der Waals surface area contributed by atoms with Crippen LogP contribution in [0.3, 0.4) is 0 Å². The average Bonchev–Trinajstić information content (AvgIpc) is 2.27. The Bertz CT molecular complexity index is 430. The highest BCUT2D eigenvalue weighted by molar-refractivity contribution is 5.94. The van der Waals surface area contributed by atoms with E-state index in [4.69, 9.17) is 4.74 Å². The number of alkyl halides is 3. The van der Waals surface area contributed by atoms with Crippen molar-refractivity contribution < 1.29 is 22.7 Å². The van der Waals surface area contributed by atoms with Crippen LogP contribution in [0, 0.1) is 0 Å². The summed E-state index contributed by atoms with van der Waals surface area (Å²) in [6.07, 6.45) is -6.34. The Morgan fingerprint density at radius 3 is 2.44 bits per heavy atom. The quantitative estimate of drug-likeness (QED) is 0.837. The van der Waals surface area contributed by atoms with E-state index < -0.39 is 12.3 Å². The smallest absolute Gasteiger partial charge is 0.425 e. The maximum absolute atomic E-state index is 12.3. The molecular weight excluding hydrogens is 247 g/mol. The molecule has 0 aliphatic heterocycles. The van der Waals surface area contributed by atoms with Gasteiger partial charge in [-0.25, -0.2) is 0 Å². The first-order chi connectivity index (χ1) is 8.21.